The first kappa shape index (κ1) is 16.1. The van der Waals surface area contributed by atoms with Gasteiger partial charge < -0.3 is 15.1 Å². The monoisotopic (exact) mass is 309 g/mol. The summed E-state index contributed by atoms with van der Waals surface area (Å²) in [5.41, 5.74) is 1.24. The second kappa shape index (κ2) is 7.14. The van der Waals surface area contributed by atoms with Crippen LogP contribution in [-0.4, -0.2) is 49.1 Å². The Hall–Kier alpha value is -1.26. The summed E-state index contributed by atoms with van der Waals surface area (Å²) >= 11 is 5.92. The van der Waals surface area contributed by atoms with Gasteiger partial charge in [-0.3, -0.25) is 0 Å². The molecule has 1 unspecified atom stereocenters. The second-order valence-electron chi connectivity index (χ2n) is 5.88. The van der Waals surface area contributed by atoms with E-state index in [4.69, 9.17) is 11.6 Å². The first-order valence-corrected chi connectivity index (χ1v) is 7.83. The van der Waals surface area contributed by atoms with E-state index in [1.54, 1.807) is 19.0 Å². The predicted octanol–water partition coefficient (Wildman–Crippen LogP) is 3.14. The molecule has 0 radical (unpaired) electrons. The van der Waals surface area contributed by atoms with Crippen LogP contribution in [0.2, 0.25) is 5.02 Å². The van der Waals surface area contributed by atoms with Crippen LogP contribution in [0.25, 0.3) is 0 Å². The number of hydrogen-bond acceptors (Lipinski definition) is 2. The summed E-state index contributed by atoms with van der Waals surface area (Å²) in [6.07, 6.45) is 2.00. The van der Waals surface area contributed by atoms with Crippen LogP contribution in [0.4, 0.5) is 4.79 Å². The summed E-state index contributed by atoms with van der Waals surface area (Å²) in [5.74, 6) is 0. The SMILES string of the molecule is CC(NC1CCN(C(=O)N(C)C)CC1)c1ccc(Cl)cc1. The molecule has 0 aromatic heterocycles. The standard InChI is InChI=1S/C16H24ClN3O/c1-12(13-4-6-14(17)7-5-13)18-15-8-10-20(11-9-15)16(21)19(2)3/h4-7,12,15,18H,8-11H2,1-3H3. The Morgan fingerprint density at radius 2 is 1.86 bits per heavy atom. The molecular weight excluding hydrogens is 286 g/mol. The summed E-state index contributed by atoms with van der Waals surface area (Å²) in [7, 11) is 3.60. The average molecular weight is 310 g/mol. The van der Waals surface area contributed by atoms with E-state index >= 15 is 0 Å². The molecule has 21 heavy (non-hydrogen) atoms. The van der Waals surface area contributed by atoms with Crippen LogP contribution in [0.5, 0.6) is 0 Å². The zero-order valence-electron chi connectivity index (χ0n) is 13.0. The summed E-state index contributed by atoms with van der Waals surface area (Å²) in [6, 6.07) is 8.83. The van der Waals surface area contributed by atoms with Crippen molar-refractivity contribution in [3.8, 4) is 0 Å². The molecule has 0 spiro atoms. The minimum absolute atomic E-state index is 0.110. The Morgan fingerprint density at radius 3 is 2.38 bits per heavy atom. The van der Waals surface area contributed by atoms with Gasteiger partial charge in [-0.15, -0.1) is 0 Å². The number of piperidine rings is 1. The molecule has 1 heterocycles. The van der Waals surface area contributed by atoms with Gasteiger partial charge in [0.2, 0.25) is 0 Å². The normalized spacial score (nSPS) is 17.6. The molecule has 0 saturated carbocycles. The number of likely N-dealkylation sites (tertiary alicyclic amines) is 1. The lowest BCUT2D eigenvalue weighted by atomic mass is 10.0. The van der Waals surface area contributed by atoms with E-state index in [-0.39, 0.29) is 6.03 Å². The van der Waals surface area contributed by atoms with Crippen molar-refractivity contribution in [1.29, 1.82) is 0 Å². The van der Waals surface area contributed by atoms with Gasteiger partial charge in [-0.25, -0.2) is 4.79 Å². The van der Waals surface area contributed by atoms with E-state index in [0.717, 1.165) is 31.0 Å². The maximum Gasteiger partial charge on any atom is 0.319 e. The van der Waals surface area contributed by atoms with Crippen molar-refractivity contribution in [3.05, 3.63) is 34.9 Å². The van der Waals surface area contributed by atoms with Crippen LogP contribution in [0.3, 0.4) is 0 Å². The van der Waals surface area contributed by atoms with E-state index in [2.05, 4.69) is 24.4 Å². The van der Waals surface area contributed by atoms with Gasteiger partial charge in [0.15, 0.2) is 0 Å². The van der Waals surface area contributed by atoms with E-state index in [1.165, 1.54) is 5.56 Å². The lowest BCUT2D eigenvalue weighted by molar-refractivity contribution is 0.151. The Bertz CT molecular complexity index is 467. The third-order valence-corrected chi connectivity index (χ3v) is 4.26. The molecule has 1 N–H and O–H groups in total. The summed E-state index contributed by atoms with van der Waals surface area (Å²) in [4.78, 5) is 15.5. The molecule has 0 aliphatic carbocycles. The zero-order valence-corrected chi connectivity index (χ0v) is 13.7. The van der Waals surface area contributed by atoms with Gasteiger partial charge in [-0.2, -0.15) is 0 Å². The van der Waals surface area contributed by atoms with Gasteiger partial charge in [0.05, 0.1) is 0 Å². The van der Waals surface area contributed by atoms with E-state index in [9.17, 15) is 4.79 Å². The van der Waals surface area contributed by atoms with Gasteiger partial charge in [0, 0.05) is 44.3 Å². The number of amides is 2. The summed E-state index contributed by atoms with van der Waals surface area (Å²) in [6.45, 7) is 3.81. The molecule has 1 atom stereocenters. The van der Waals surface area contributed by atoms with Crippen molar-refractivity contribution in [2.24, 2.45) is 0 Å². The van der Waals surface area contributed by atoms with Crippen molar-refractivity contribution in [3.63, 3.8) is 0 Å². The molecular formula is C16H24ClN3O. The molecule has 1 fully saturated rings. The molecule has 4 nitrogen and oxygen atoms in total. The fourth-order valence-corrected chi connectivity index (χ4v) is 2.85. The van der Waals surface area contributed by atoms with Crippen molar-refractivity contribution in [2.45, 2.75) is 31.8 Å². The Kier molecular flexibility index (Phi) is 5.48. The first-order chi connectivity index (χ1) is 9.97. The number of carbonyl (C=O) groups excluding carboxylic acids is 1. The molecule has 1 aliphatic heterocycles. The lowest BCUT2D eigenvalue weighted by Crippen LogP contribution is -2.48. The molecule has 1 aliphatic rings. The molecule has 0 bridgehead atoms. The summed E-state index contributed by atoms with van der Waals surface area (Å²) in [5, 5.41) is 4.41. The quantitative estimate of drug-likeness (QED) is 0.931. The highest BCUT2D eigenvalue weighted by Gasteiger charge is 2.24. The van der Waals surface area contributed by atoms with Crippen LogP contribution in [0.1, 0.15) is 31.4 Å². The molecule has 1 saturated heterocycles. The number of rotatable bonds is 3. The Morgan fingerprint density at radius 1 is 1.29 bits per heavy atom. The van der Waals surface area contributed by atoms with Crippen LogP contribution in [0, 0.1) is 0 Å². The van der Waals surface area contributed by atoms with E-state index in [0.29, 0.717) is 12.1 Å². The van der Waals surface area contributed by atoms with E-state index < -0.39 is 0 Å². The van der Waals surface area contributed by atoms with Crippen LogP contribution < -0.4 is 5.32 Å². The molecule has 1 aromatic rings. The van der Waals surface area contributed by atoms with Gasteiger partial charge in [0.1, 0.15) is 0 Å². The van der Waals surface area contributed by atoms with Gasteiger partial charge >= 0.3 is 6.03 Å². The maximum atomic E-state index is 11.9. The third-order valence-electron chi connectivity index (χ3n) is 4.00. The highest BCUT2D eigenvalue weighted by atomic mass is 35.5. The number of nitrogens with one attached hydrogen (secondary N) is 1. The predicted molar refractivity (Wildman–Crippen MR) is 86.7 cm³/mol. The number of urea groups is 1. The van der Waals surface area contributed by atoms with Crippen molar-refractivity contribution in [1.82, 2.24) is 15.1 Å². The fraction of sp³-hybridized carbons (Fsp3) is 0.562. The number of benzene rings is 1. The number of halogens is 1. The van der Waals surface area contributed by atoms with Gasteiger partial charge in [-0.05, 0) is 37.5 Å². The molecule has 5 heteroatoms. The molecule has 116 valence electrons. The van der Waals surface area contributed by atoms with Crippen LogP contribution in [0.15, 0.2) is 24.3 Å². The highest BCUT2D eigenvalue weighted by molar-refractivity contribution is 6.30. The topological polar surface area (TPSA) is 35.6 Å². The number of carbonyl (C=O) groups is 1. The fourth-order valence-electron chi connectivity index (χ4n) is 2.72. The maximum absolute atomic E-state index is 11.9. The minimum Gasteiger partial charge on any atom is -0.331 e. The summed E-state index contributed by atoms with van der Waals surface area (Å²) < 4.78 is 0. The average Bonchev–Trinajstić information content (AvgIpc) is 2.47. The van der Waals surface area contributed by atoms with Crippen LogP contribution in [-0.2, 0) is 0 Å². The van der Waals surface area contributed by atoms with Gasteiger partial charge in [-0.1, -0.05) is 23.7 Å². The highest BCUT2D eigenvalue weighted by Crippen LogP contribution is 2.19. The Balaban J connectivity index is 1.83. The molecule has 1 aromatic carbocycles. The first-order valence-electron chi connectivity index (χ1n) is 7.45. The number of nitrogens with zero attached hydrogens (tertiary/aromatic N) is 2. The van der Waals surface area contributed by atoms with Gasteiger partial charge in [0.25, 0.3) is 0 Å². The zero-order chi connectivity index (χ0) is 15.4. The smallest absolute Gasteiger partial charge is 0.319 e. The third kappa shape index (κ3) is 4.35. The number of hydrogen-bond donors (Lipinski definition) is 1. The lowest BCUT2D eigenvalue weighted by Gasteiger charge is -2.35. The molecule has 2 rings (SSSR count). The largest absolute Gasteiger partial charge is 0.331 e. The van der Waals surface area contributed by atoms with Crippen LogP contribution >= 0.6 is 11.6 Å². The van der Waals surface area contributed by atoms with Crippen molar-refractivity contribution >= 4 is 17.6 Å². The van der Waals surface area contributed by atoms with E-state index in [1.807, 2.05) is 17.0 Å². The van der Waals surface area contributed by atoms with Crippen molar-refractivity contribution in [2.75, 3.05) is 27.2 Å². The van der Waals surface area contributed by atoms with Crippen molar-refractivity contribution < 1.29 is 4.79 Å². The minimum atomic E-state index is 0.110. The second-order valence-corrected chi connectivity index (χ2v) is 6.31. The Labute approximate surface area is 132 Å². The molecule has 2 amide bonds.